The molecule has 2 aliphatic carbocycles. The zero-order valence-corrected chi connectivity index (χ0v) is 32.5. The summed E-state index contributed by atoms with van der Waals surface area (Å²) >= 11 is 0. The molecule has 0 amide bonds. The molecule has 8 aromatic carbocycles. The van der Waals surface area contributed by atoms with Crippen molar-refractivity contribution in [3.8, 4) is 16.8 Å². The average molecular weight is 743 g/mol. The van der Waals surface area contributed by atoms with Crippen LogP contribution in [0.25, 0.3) is 44.2 Å². The third-order valence-corrected chi connectivity index (χ3v) is 12.5. The van der Waals surface area contributed by atoms with Crippen LogP contribution in [0.15, 0.2) is 224 Å². The highest BCUT2D eigenvalue weighted by atomic mass is 15.2. The zero-order chi connectivity index (χ0) is 38.6. The predicted molar refractivity (Wildman–Crippen MR) is 243 cm³/mol. The van der Waals surface area contributed by atoms with E-state index in [0.29, 0.717) is 0 Å². The van der Waals surface area contributed by atoms with Gasteiger partial charge in [0.1, 0.15) is 0 Å². The largest absolute Gasteiger partial charge is 0.334 e. The highest BCUT2D eigenvalue weighted by Gasteiger charge is 2.48. The molecule has 1 unspecified atom stereocenters. The third-order valence-electron chi connectivity index (χ3n) is 12.5. The van der Waals surface area contributed by atoms with E-state index in [2.05, 4.69) is 235 Å². The third kappa shape index (κ3) is 5.26. The van der Waals surface area contributed by atoms with Gasteiger partial charge in [-0.25, -0.2) is 0 Å². The second-order valence-electron chi connectivity index (χ2n) is 15.7. The number of fused-ring (bicyclic) bond motifs is 5. The van der Waals surface area contributed by atoms with Gasteiger partial charge in [0.25, 0.3) is 0 Å². The molecule has 0 bridgehead atoms. The highest BCUT2D eigenvalue weighted by molar-refractivity contribution is 6.11. The van der Waals surface area contributed by atoms with Crippen LogP contribution in [0.2, 0.25) is 0 Å². The van der Waals surface area contributed by atoms with Gasteiger partial charge in [-0.2, -0.15) is 0 Å². The standard InChI is InChI=1S/C56H42N2/c1-39-36-41(37-51-50-27-15-17-29-54(50)58(55(39)51)45-24-12-5-13-25-45)40-30-32-46(33-31-40)57(44-22-10-4-11-23-44)47-34-35-49-48-26-14-16-28-52(48)56(53(49)38-47,42-18-6-2-7-19-42)43-20-8-3-9-21-43/h2-37,47H,38H2,1H3. The Labute approximate surface area is 340 Å². The summed E-state index contributed by atoms with van der Waals surface area (Å²) in [4.78, 5) is 2.54. The molecule has 11 rings (SSSR count). The smallest absolute Gasteiger partial charge is 0.0677 e. The number of benzene rings is 8. The van der Waals surface area contributed by atoms with Gasteiger partial charge in [0, 0.05) is 27.8 Å². The van der Waals surface area contributed by atoms with Crippen LogP contribution in [-0.2, 0) is 5.41 Å². The fraction of sp³-hybridized carbons (Fsp3) is 0.0714. The van der Waals surface area contributed by atoms with E-state index in [1.165, 1.54) is 89.0 Å². The molecule has 0 saturated carbocycles. The minimum absolute atomic E-state index is 0.0934. The van der Waals surface area contributed by atoms with Gasteiger partial charge < -0.3 is 9.47 Å². The first kappa shape index (κ1) is 34.1. The zero-order valence-electron chi connectivity index (χ0n) is 32.5. The Morgan fingerprint density at radius 1 is 0.534 bits per heavy atom. The Balaban J connectivity index is 1.01. The van der Waals surface area contributed by atoms with Gasteiger partial charge in [0.05, 0.1) is 22.5 Å². The number of nitrogens with zero attached hydrogens (tertiary/aromatic N) is 2. The van der Waals surface area contributed by atoms with Crippen molar-refractivity contribution >= 4 is 38.8 Å². The first-order chi connectivity index (χ1) is 28.7. The van der Waals surface area contributed by atoms with Crippen LogP contribution in [0.4, 0.5) is 11.4 Å². The molecular formula is C56H42N2. The quantitative estimate of drug-likeness (QED) is 0.158. The summed E-state index contributed by atoms with van der Waals surface area (Å²) in [5, 5.41) is 2.55. The van der Waals surface area contributed by atoms with E-state index in [0.717, 1.165) is 6.42 Å². The molecule has 1 heterocycles. The van der Waals surface area contributed by atoms with Crippen LogP contribution in [0.3, 0.4) is 0 Å². The fourth-order valence-electron chi connectivity index (χ4n) is 10.1. The van der Waals surface area contributed by atoms with Gasteiger partial charge >= 0.3 is 0 Å². The molecule has 0 fully saturated rings. The molecule has 1 atom stereocenters. The van der Waals surface area contributed by atoms with E-state index in [9.17, 15) is 0 Å². The Bertz CT molecular complexity index is 2970. The van der Waals surface area contributed by atoms with Crippen molar-refractivity contribution in [2.75, 3.05) is 4.90 Å². The number of hydrogen-bond donors (Lipinski definition) is 0. The van der Waals surface area contributed by atoms with E-state index in [4.69, 9.17) is 0 Å². The van der Waals surface area contributed by atoms with Crippen molar-refractivity contribution in [2.45, 2.75) is 24.8 Å². The molecule has 9 aromatic rings. The van der Waals surface area contributed by atoms with Crippen LogP contribution in [0, 0.1) is 6.92 Å². The molecule has 2 heteroatoms. The first-order valence-electron chi connectivity index (χ1n) is 20.4. The minimum atomic E-state index is -0.399. The molecule has 0 radical (unpaired) electrons. The molecule has 2 aliphatic rings. The van der Waals surface area contributed by atoms with E-state index in [1.54, 1.807) is 0 Å². The second kappa shape index (κ2) is 13.8. The van der Waals surface area contributed by atoms with Crippen molar-refractivity contribution in [3.63, 3.8) is 0 Å². The maximum atomic E-state index is 2.54. The van der Waals surface area contributed by atoms with E-state index in [-0.39, 0.29) is 6.04 Å². The topological polar surface area (TPSA) is 8.17 Å². The van der Waals surface area contributed by atoms with Crippen molar-refractivity contribution in [1.82, 2.24) is 4.57 Å². The Morgan fingerprint density at radius 2 is 1.12 bits per heavy atom. The molecule has 58 heavy (non-hydrogen) atoms. The molecule has 276 valence electrons. The maximum absolute atomic E-state index is 2.54. The second-order valence-corrected chi connectivity index (χ2v) is 15.7. The fourth-order valence-corrected chi connectivity index (χ4v) is 10.1. The van der Waals surface area contributed by atoms with E-state index < -0.39 is 5.41 Å². The normalized spacial score (nSPS) is 15.4. The molecular weight excluding hydrogens is 701 g/mol. The summed E-state index contributed by atoms with van der Waals surface area (Å²) in [5.41, 5.74) is 17.4. The van der Waals surface area contributed by atoms with Crippen LogP contribution in [-0.4, -0.2) is 10.6 Å². The lowest BCUT2D eigenvalue weighted by atomic mass is 9.65. The Hall–Kier alpha value is -7.16. The molecule has 1 aromatic heterocycles. The molecule has 0 aliphatic heterocycles. The first-order valence-corrected chi connectivity index (χ1v) is 20.4. The van der Waals surface area contributed by atoms with Crippen molar-refractivity contribution in [2.24, 2.45) is 0 Å². The summed E-state index contributed by atoms with van der Waals surface area (Å²) in [6, 6.07) is 75.9. The molecule has 2 nitrogen and oxygen atoms in total. The number of para-hydroxylation sites is 3. The molecule has 0 spiro atoms. The van der Waals surface area contributed by atoms with Crippen LogP contribution in [0.1, 0.15) is 34.2 Å². The lowest BCUT2D eigenvalue weighted by Crippen LogP contribution is -2.36. The van der Waals surface area contributed by atoms with Gasteiger partial charge in [0.2, 0.25) is 0 Å². The maximum Gasteiger partial charge on any atom is 0.0677 e. The Morgan fingerprint density at radius 3 is 1.83 bits per heavy atom. The monoisotopic (exact) mass is 742 g/mol. The minimum Gasteiger partial charge on any atom is -0.334 e. The number of rotatable bonds is 7. The van der Waals surface area contributed by atoms with E-state index >= 15 is 0 Å². The average Bonchev–Trinajstić information content (AvgIpc) is 3.79. The lowest BCUT2D eigenvalue weighted by molar-refractivity contribution is 0.652. The number of allylic oxidation sites excluding steroid dienone is 2. The number of aromatic nitrogens is 1. The number of aryl methyl sites for hydroxylation is 1. The van der Waals surface area contributed by atoms with Gasteiger partial charge in [-0.05, 0) is 118 Å². The van der Waals surface area contributed by atoms with Gasteiger partial charge in [-0.3, -0.25) is 0 Å². The number of anilines is 2. The summed E-state index contributed by atoms with van der Waals surface area (Å²) in [6.07, 6.45) is 5.72. The van der Waals surface area contributed by atoms with Crippen LogP contribution in [0.5, 0.6) is 0 Å². The summed E-state index contributed by atoms with van der Waals surface area (Å²) in [7, 11) is 0. The van der Waals surface area contributed by atoms with Gasteiger partial charge in [-0.1, -0.05) is 164 Å². The van der Waals surface area contributed by atoms with Gasteiger partial charge in [-0.15, -0.1) is 0 Å². The lowest BCUT2D eigenvalue weighted by Gasteiger charge is -2.40. The van der Waals surface area contributed by atoms with Crippen molar-refractivity contribution < 1.29 is 0 Å². The highest BCUT2D eigenvalue weighted by Crippen LogP contribution is 2.58. The summed E-state index contributed by atoms with van der Waals surface area (Å²) < 4.78 is 2.41. The van der Waals surface area contributed by atoms with Crippen LogP contribution < -0.4 is 4.90 Å². The molecule has 0 N–H and O–H groups in total. The Kier molecular flexibility index (Phi) is 8.11. The predicted octanol–water partition coefficient (Wildman–Crippen LogP) is 14.0. The summed E-state index contributed by atoms with van der Waals surface area (Å²) in [6.45, 7) is 2.25. The van der Waals surface area contributed by atoms with Crippen molar-refractivity contribution in [3.05, 3.63) is 252 Å². The van der Waals surface area contributed by atoms with Crippen molar-refractivity contribution in [1.29, 1.82) is 0 Å². The summed E-state index contributed by atoms with van der Waals surface area (Å²) in [5.74, 6) is 0. The van der Waals surface area contributed by atoms with E-state index in [1.807, 2.05) is 0 Å². The number of hydrogen-bond acceptors (Lipinski definition) is 1. The van der Waals surface area contributed by atoms with Gasteiger partial charge in [0.15, 0.2) is 0 Å². The molecule has 0 saturated heterocycles. The SMILES string of the molecule is Cc1cc(-c2ccc(N(c3ccccc3)C3C=CC4=C(C3)C(c3ccccc3)(c3ccccc3)c3ccccc34)cc2)cc2c3ccccc3n(-c3ccccc3)c12. The van der Waals surface area contributed by atoms with Crippen LogP contribution >= 0.6 is 0 Å².